The number of hydrogen-bond donors (Lipinski definition) is 2. The number of nitrogens with one attached hydrogen (secondary N) is 1. The normalized spacial score (nSPS) is 17.7. The van der Waals surface area contributed by atoms with E-state index in [1.54, 1.807) is 18.2 Å². The third kappa shape index (κ3) is 4.44. The molecule has 1 aliphatic heterocycles. The average Bonchev–Trinajstić information content (AvgIpc) is 3.02. The van der Waals surface area contributed by atoms with Crippen LogP contribution in [0.3, 0.4) is 0 Å². The van der Waals surface area contributed by atoms with E-state index in [0.717, 1.165) is 0 Å². The molecule has 1 aromatic rings. The molecule has 0 aromatic heterocycles. The topological polar surface area (TPSA) is 105 Å². The number of carboxylic acid groups (broad SMARTS) is 1. The molecule has 1 heterocycles. The first-order valence-corrected chi connectivity index (χ1v) is 8.46. The Hall–Kier alpha value is -2.77. The summed E-state index contributed by atoms with van der Waals surface area (Å²) < 4.78 is 10.4. The molecule has 26 heavy (non-hydrogen) atoms. The van der Waals surface area contributed by atoms with Crippen molar-refractivity contribution in [1.29, 1.82) is 0 Å². The summed E-state index contributed by atoms with van der Waals surface area (Å²) in [6.07, 6.45) is 1.01. The quantitative estimate of drug-likeness (QED) is 0.723. The smallest absolute Gasteiger partial charge is 0.326 e. The standard InChI is InChI=1S/C18H24N2O6/c1-4-5-15(18(23)24)19-17(22)11-6-16(21)20(10-11)12-7-13(25-2)9-14(8-12)26-3/h7-9,11,15H,4-6,10H2,1-3H3,(H,19,22)(H,23,24). The van der Waals surface area contributed by atoms with Crippen LogP contribution in [-0.2, 0) is 14.4 Å². The van der Waals surface area contributed by atoms with Gasteiger partial charge in [-0.2, -0.15) is 0 Å². The highest BCUT2D eigenvalue weighted by molar-refractivity contribution is 6.01. The molecule has 2 rings (SSSR count). The fourth-order valence-corrected chi connectivity index (χ4v) is 2.92. The van der Waals surface area contributed by atoms with E-state index >= 15 is 0 Å². The van der Waals surface area contributed by atoms with Crippen LogP contribution in [0.25, 0.3) is 0 Å². The van der Waals surface area contributed by atoms with Crippen molar-refractivity contribution in [3.05, 3.63) is 18.2 Å². The summed E-state index contributed by atoms with van der Waals surface area (Å²) in [6, 6.07) is 4.14. The van der Waals surface area contributed by atoms with Crippen molar-refractivity contribution >= 4 is 23.5 Å². The van der Waals surface area contributed by atoms with Crippen LogP contribution in [0, 0.1) is 5.92 Å². The summed E-state index contributed by atoms with van der Waals surface area (Å²) in [6.45, 7) is 2.03. The second-order valence-electron chi connectivity index (χ2n) is 6.16. The van der Waals surface area contributed by atoms with Gasteiger partial charge in [-0.05, 0) is 6.42 Å². The molecule has 0 spiro atoms. The van der Waals surface area contributed by atoms with Gasteiger partial charge in [-0.3, -0.25) is 9.59 Å². The lowest BCUT2D eigenvalue weighted by Crippen LogP contribution is -2.44. The molecule has 2 N–H and O–H groups in total. The molecule has 142 valence electrons. The highest BCUT2D eigenvalue weighted by Gasteiger charge is 2.36. The predicted octanol–water partition coefficient (Wildman–Crippen LogP) is 1.43. The summed E-state index contributed by atoms with van der Waals surface area (Å²) in [5.41, 5.74) is 0.574. The van der Waals surface area contributed by atoms with Crippen molar-refractivity contribution in [1.82, 2.24) is 5.32 Å². The van der Waals surface area contributed by atoms with Crippen molar-refractivity contribution in [2.45, 2.75) is 32.2 Å². The number of carbonyl (C=O) groups is 3. The lowest BCUT2D eigenvalue weighted by molar-refractivity contribution is -0.142. The van der Waals surface area contributed by atoms with E-state index in [0.29, 0.717) is 30.0 Å². The fourth-order valence-electron chi connectivity index (χ4n) is 2.92. The Labute approximate surface area is 152 Å². The van der Waals surface area contributed by atoms with Gasteiger partial charge >= 0.3 is 5.97 Å². The van der Waals surface area contributed by atoms with Crippen LogP contribution < -0.4 is 19.7 Å². The molecule has 0 saturated carbocycles. The second-order valence-corrected chi connectivity index (χ2v) is 6.16. The van der Waals surface area contributed by atoms with Crippen molar-refractivity contribution in [3.63, 3.8) is 0 Å². The van der Waals surface area contributed by atoms with Crippen LogP contribution in [0.5, 0.6) is 11.5 Å². The molecule has 0 bridgehead atoms. The lowest BCUT2D eigenvalue weighted by atomic mass is 10.1. The van der Waals surface area contributed by atoms with Crippen LogP contribution in [0.1, 0.15) is 26.2 Å². The van der Waals surface area contributed by atoms with Gasteiger partial charge < -0.3 is 24.8 Å². The number of aliphatic carboxylic acids is 1. The Morgan fingerprint density at radius 2 is 1.88 bits per heavy atom. The molecule has 1 fully saturated rings. The Balaban J connectivity index is 2.13. The lowest BCUT2D eigenvalue weighted by Gasteiger charge is -2.19. The van der Waals surface area contributed by atoms with Gasteiger partial charge in [0.1, 0.15) is 17.5 Å². The number of hydrogen-bond acceptors (Lipinski definition) is 5. The summed E-state index contributed by atoms with van der Waals surface area (Å²) >= 11 is 0. The Kier molecular flexibility index (Phi) is 6.43. The van der Waals surface area contributed by atoms with E-state index in [4.69, 9.17) is 9.47 Å². The minimum Gasteiger partial charge on any atom is -0.497 e. The third-order valence-electron chi connectivity index (χ3n) is 4.34. The molecule has 1 aliphatic rings. The van der Waals surface area contributed by atoms with Gasteiger partial charge in [0.25, 0.3) is 0 Å². The molecule has 0 aliphatic carbocycles. The second kappa shape index (κ2) is 8.55. The summed E-state index contributed by atoms with van der Waals surface area (Å²) in [7, 11) is 3.03. The first kappa shape index (κ1) is 19.6. The van der Waals surface area contributed by atoms with Crippen LogP contribution in [0.2, 0.25) is 0 Å². The number of methoxy groups -OCH3 is 2. The fraction of sp³-hybridized carbons (Fsp3) is 0.500. The number of anilines is 1. The predicted molar refractivity (Wildman–Crippen MR) is 94.5 cm³/mol. The summed E-state index contributed by atoms with van der Waals surface area (Å²) in [4.78, 5) is 37.5. The number of nitrogens with zero attached hydrogens (tertiary/aromatic N) is 1. The van der Waals surface area contributed by atoms with Crippen LogP contribution in [-0.4, -0.2) is 49.7 Å². The maximum atomic E-state index is 12.4. The minimum atomic E-state index is -1.07. The monoisotopic (exact) mass is 364 g/mol. The van der Waals surface area contributed by atoms with E-state index in [-0.39, 0.29) is 18.9 Å². The van der Waals surface area contributed by atoms with E-state index in [1.807, 2.05) is 6.92 Å². The van der Waals surface area contributed by atoms with Crippen LogP contribution >= 0.6 is 0 Å². The summed E-state index contributed by atoms with van der Waals surface area (Å²) in [5, 5.41) is 11.7. The number of benzene rings is 1. The number of ether oxygens (including phenoxy) is 2. The van der Waals surface area contributed by atoms with E-state index in [1.165, 1.54) is 19.1 Å². The van der Waals surface area contributed by atoms with Crippen molar-refractivity contribution < 1.29 is 29.0 Å². The molecule has 2 amide bonds. The zero-order valence-electron chi connectivity index (χ0n) is 15.2. The SMILES string of the molecule is CCCC(NC(=O)C1CC(=O)N(c2cc(OC)cc(OC)c2)C1)C(=O)O. The maximum absolute atomic E-state index is 12.4. The minimum absolute atomic E-state index is 0.0316. The molecule has 0 radical (unpaired) electrons. The van der Waals surface area contributed by atoms with Gasteiger partial charge in [0.15, 0.2) is 0 Å². The zero-order valence-corrected chi connectivity index (χ0v) is 15.2. The maximum Gasteiger partial charge on any atom is 0.326 e. The average molecular weight is 364 g/mol. The molecule has 1 saturated heterocycles. The third-order valence-corrected chi connectivity index (χ3v) is 4.34. The van der Waals surface area contributed by atoms with Crippen molar-refractivity contribution in [2.24, 2.45) is 5.92 Å². The van der Waals surface area contributed by atoms with Gasteiger partial charge in [0.05, 0.1) is 25.8 Å². The number of carbonyl (C=O) groups excluding carboxylic acids is 2. The van der Waals surface area contributed by atoms with Crippen molar-refractivity contribution in [2.75, 3.05) is 25.7 Å². The van der Waals surface area contributed by atoms with Gasteiger partial charge in [0, 0.05) is 31.2 Å². The van der Waals surface area contributed by atoms with Crippen molar-refractivity contribution in [3.8, 4) is 11.5 Å². The van der Waals surface area contributed by atoms with Gasteiger partial charge in [-0.15, -0.1) is 0 Å². The van der Waals surface area contributed by atoms with E-state index in [2.05, 4.69) is 5.32 Å². The zero-order chi connectivity index (χ0) is 19.3. The number of rotatable bonds is 8. The molecule has 2 atom stereocenters. The van der Waals surface area contributed by atoms with Crippen LogP contribution in [0.4, 0.5) is 5.69 Å². The van der Waals surface area contributed by atoms with Gasteiger partial charge in [-0.1, -0.05) is 13.3 Å². The van der Waals surface area contributed by atoms with E-state index in [9.17, 15) is 19.5 Å². The summed E-state index contributed by atoms with van der Waals surface area (Å²) in [5.74, 6) is -1.22. The van der Waals surface area contributed by atoms with E-state index < -0.39 is 23.8 Å². The van der Waals surface area contributed by atoms with Gasteiger partial charge in [0.2, 0.25) is 11.8 Å². The first-order chi connectivity index (χ1) is 12.4. The highest BCUT2D eigenvalue weighted by Crippen LogP contribution is 2.32. The highest BCUT2D eigenvalue weighted by atomic mass is 16.5. The Morgan fingerprint density at radius 3 is 2.38 bits per heavy atom. The van der Waals surface area contributed by atoms with Gasteiger partial charge in [-0.25, -0.2) is 4.79 Å². The molecular weight excluding hydrogens is 340 g/mol. The molecule has 8 heteroatoms. The Morgan fingerprint density at radius 1 is 1.27 bits per heavy atom. The Bertz CT molecular complexity index is 668. The number of amides is 2. The first-order valence-electron chi connectivity index (χ1n) is 8.46. The largest absolute Gasteiger partial charge is 0.497 e. The molecular formula is C18H24N2O6. The molecule has 2 unspecified atom stereocenters. The molecule has 8 nitrogen and oxygen atoms in total. The molecule has 1 aromatic carbocycles. The van der Waals surface area contributed by atoms with Crippen LogP contribution in [0.15, 0.2) is 18.2 Å². The number of carboxylic acids is 1.